The number of carboxylic acid groups (broad SMARTS) is 2. The maximum absolute atomic E-state index is 13.5. The number of aromatic nitrogens is 2. The van der Waals surface area contributed by atoms with E-state index in [2.05, 4.69) is 5.10 Å². The van der Waals surface area contributed by atoms with Crippen molar-refractivity contribution in [3.63, 3.8) is 0 Å². The molecule has 2 N–H and O–H groups in total. The molecule has 21 heavy (non-hydrogen) atoms. The van der Waals surface area contributed by atoms with E-state index in [1.54, 1.807) is 18.2 Å². The normalized spacial score (nSPS) is 10.8. The molecule has 2 rings (SSSR count). The zero-order chi connectivity index (χ0) is 15.4. The van der Waals surface area contributed by atoms with Crippen molar-refractivity contribution in [3.05, 3.63) is 53.6 Å². The summed E-state index contributed by atoms with van der Waals surface area (Å²) in [5.41, 5.74) is 0.918. The van der Waals surface area contributed by atoms with Crippen molar-refractivity contribution in [2.24, 2.45) is 5.92 Å². The predicted molar refractivity (Wildman–Crippen MR) is 70.2 cm³/mol. The van der Waals surface area contributed by atoms with E-state index in [9.17, 15) is 14.0 Å². The minimum Gasteiger partial charge on any atom is -0.481 e. The number of hydrogen-bond acceptors (Lipinski definition) is 3. The van der Waals surface area contributed by atoms with Gasteiger partial charge in [0, 0.05) is 11.8 Å². The smallest absolute Gasteiger partial charge is 0.318 e. The van der Waals surface area contributed by atoms with Crippen molar-refractivity contribution in [3.8, 4) is 0 Å². The highest BCUT2D eigenvalue weighted by Crippen LogP contribution is 2.12. The van der Waals surface area contributed by atoms with Crippen LogP contribution in [0.3, 0.4) is 0 Å². The largest absolute Gasteiger partial charge is 0.481 e. The van der Waals surface area contributed by atoms with Crippen LogP contribution >= 0.6 is 0 Å². The van der Waals surface area contributed by atoms with Gasteiger partial charge >= 0.3 is 11.9 Å². The highest BCUT2D eigenvalue weighted by molar-refractivity contribution is 5.93. The monoisotopic (exact) mass is 292 g/mol. The third kappa shape index (κ3) is 3.65. The number of carbonyl (C=O) groups is 2. The van der Waals surface area contributed by atoms with Crippen LogP contribution in [0, 0.1) is 11.7 Å². The van der Waals surface area contributed by atoms with Gasteiger partial charge < -0.3 is 10.2 Å². The van der Waals surface area contributed by atoms with E-state index in [4.69, 9.17) is 10.2 Å². The lowest BCUT2D eigenvalue weighted by molar-refractivity contribution is -0.154. The van der Waals surface area contributed by atoms with Gasteiger partial charge in [0.1, 0.15) is 5.82 Å². The summed E-state index contributed by atoms with van der Waals surface area (Å²) in [6.07, 6.45) is 2.74. The zero-order valence-electron chi connectivity index (χ0n) is 10.9. The van der Waals surface area contributed by atoms with Gasteiger partial charge in [-0.2, -0.15) is 5.10 Å². The minimum atomic E-state index is -1.52. The van der Waals surface area contributed by atoms with E-state index in [1.807, 2.05) is 0 Å². The minimum absolute atomic E-state index is 0.165. The Morgan fingerprint density at radius 1 is 1.24 bits per heavy atom. The van der Waals surface area contributed by atoms with Crippen LogP contribution in [0.5, 0.6) is 0 Å². The van der Waals surface area contributed by atoms with Gasteiger partial charge in [0.2, 0.25) is 0 Å². The van der Waals surface area contributed by atoms with Gasteiger partial charge in [-0.05, 0) is 18.1 Å². The molecule has 0 aliphatic rings. The molecule has 0 saturated carbocycles. The van der Waals surface area contributed by atoms with Gasteiger partial charge in [-0.25, -0.2) is 4.39 Å². The molecule has 6 nitrogen and oxygen atoms in total. The van der Waals surface area contributed by atoms with Crippen LogP contribution in [-0.4, -0.2) is 31.9 Å². The molecule has 1 heterocycles. The number of aliphatic carboxylic acids is 2. The Hall–Kier alpha value is -2.70. The van der Waals surface area contributed by atoms with Gasteiger partial charge in [0.05, 0.1) is 12.7 Å². The van der Waals surface area contributed by atoms with Crippen LogP contribution in [0.4, 0.5) is 4.39 Å². The highest BCUT2D eigenvalue weighted by atomic mass is 19.1. The van der Waals surface area contributed by atoms with E-state index in [-0.39, 0.29) is 18.8 Å². The van der Waals surface area contributed by atoms with Crippen molar-refractivity contribution in [2.75, 3.05) is 0 Å². The molecule has 1 aromatic heterocycles. The molecule has 110 valence electrons. The zero-order valence-corrected chi connectivity index (χ0v) is 10.9. The number of carboxylic acids is 2. The summed E-state index contributed by atoms with van der Waals surface area (Å²) in [6.45, 7) is 0.192. The first-order valence-electron chi connectivity index (χ1n) is 6.17. The van der Waals surface area contributed by atoms with E-state index < -0.39 is 17.9 Å². The maximum Gasteiger partial charge on any atom is 0.318 e. The lowest BCUT2D eigenvalue weighted by atomic mass is 10.0. The first-order valence-corrected chi connectivity index (χ1v) is 6.17. The van der Waals surface area contributed by atoms with Gasteiger partial charge in [-0.3, -0.25) is 14.3 Å². The van der Waals surface area contributed by atoms with Crippen molar-refractivity contribution >= 4 is 11.9 Å². The molecule has 0 atom stereocenters. The Bertz CT molecular complexity index is 654. The molecule has 0 radical (unpaired) electrons. The van der Waals surface area contributed by atoms with Gasteiger partial charge in [0.15, 0.2) is 5.92 Å². The Labute approximate surface area is 119 Å². The molecular weight excluding hydrogens is 279 g/mol. The summed E-state index contributed by atoms with van der Waals surface area (Å²) in [6, 6.07) is 6.24. The van der Waals surface area contributed by atoms with E-state index >= 15 is 0 Å². The van der Waals surface area contributed by atoms with Crippen LogP contribution in [0.25, 0.3) is 0 Å². The second kappa shape index (κ2) is 6.17. The molecule has 0 aliphatic carbocycles. The fourth-order valence-corrected chi connectivity index (χ4v) is 1.92. The van der Waals surface area contributed by atoms with Gasteiger partial charge in [0.25, 0.3) is 0 Å². The van der Waals surface area contributed by atoms with Crippen LogP contribution in [-0.2, 0) is 22.6 Å². The second-order valence-electron chi connectivity index (χ2n) is 4.57. The summed E-state index contributed by atoms with van der Waals surface area (Å²) in [5.74, 6) is -4.67. The van der Waals surface area contributed by atoms with Gasteiger partial charge in [-0.15, -0.1) is 0 Å². The lowest BCUT2D eigenvalue weighted by Gasteiger charge is -2.05. The molecule has 0 spiro atoms. The van der Waals surface area contributed by atoms with Crippen molar-refractivity contribution < 1.29 is 24.2 Å². The fraction of sp³-hybridized carbons (Fsp3) is 0.214. The molecule has 0 saturated heterocycles. The molecule has 0 amide bonds. The Morgan fingerprint density at radius 3 is 2.52 bits per heavy atom. The summed E-state index contributed by atoms with van der Waals surface area (Å²) in [5, 5.41) is 21.6. The molecular formula is C14H13FN2O4. The molecule has 0 aliphatic heterocycles. The molecule has 1 aromatic carbocycles. The Kier molecular flexibility index (Phi) is 4.32. The lowest BCUT2D eigenvalue weighted by Crippen LogP contribution is -2.25. The van der Waals surface area contributed by atoms with Crippen molar-refractivity contribution in [1.82, 2.24) is 9.78 Å². The van der Waals surface area contributed by atoms with Crippen LogP contribution < -0.4 is 0 Å². The summed E-state index contributed by atoms with van der Waals surface area (Å²) in [4.78, 5) is 21.7. The number of hydrogen-bond donors (Lipinski definition) is 2. The highest BCUT2D eigenvalue weighted by Gasteiger charge is 2.26. The first-order chi connectivity index (χ1) is 9.97. The number of halogens is 1. The van der Waals surface area contributed by atoms with Gasteiger partial charge in [-0.1, -0.05) is 18.2 Å². The topological polar surface area (TPSA) is 92.4 Å². The summed E-state index contributed by atoms with van der Waals surface area (Å²) >= 11 is 0. The summed E-state index contributed by atoms with van der Waals surface area (Å²) in [7, 11) is 0. The summed E-state index contributed by atoms with van der Waals surface area (Å²) < 4.78 is 14.9. The predicted octanol–water partition coefficient (Wildman–Crippen LogP) is 1.40. The van der Waals surface area contributed by atoms with E-state index in [1.165, 1.54) is 23.1 Å². The molecule has 7 heteroatoms. The quantitative estimate of drug-likeness (QED) is 0.785. The standard InChI is InChI=1S/C14H13FN2O4/c15-12-4-2-1-3-10(12)8-17-7-9(6-16-17)5-11(13(18)19)14(20)21/h1-4,6-7,11H,5,8H2,(H,18,19)(H,20,21). The molecule has 0 bridgehead atoms. The van der Waals surface area contributed by atoms with Crippen LogP contribution in [0.2, 0.25) is 0 Å². The van der Waals surface area contributed by atoms with Crippen LogP contribution in [0.15, 0.2) is 36.7 Å². The first kappa shape index (κ1) is 14.7. The Morgan fingerprint density at radius 2 is 1.90 bits per heavy atom. The molecule has 2 aromatic rings. The average Bonchev–Trinajstić information content (AvgIpc) is 2.85. The van der Waals surface area contributed by atoms with E-state index in [0.717, 1.165) is 0 Å². The van der Waals surface area contributed by atoms with Crippen molar-refractivity contribution in [1.29, 1.82) is 0 Å². The number of benzene rings is 1. The van der Waals surface area contributed by atoms with E-state index in [0.29, 0.717) is 11.1 Å². The third-order valence-electron chi connectivity index (χ3n) is 3.01. The third-order valence-corrected chi connectivity index (χ3v) is 3.01. The maximum atomic E-state index is 13.5. The van der Waals surface area contributed by atoms with Crippen molar-refractivity contribution in [2.45, 2.75) is 13.0 Å². The average molecular weight is 292 g/mol. The second-order valence-corrected chi connectivity index (χ2v) is 4.57. The van der Waals surface area contributed by atoms with Crippen LogP contribution in [0.1, 0.15) is 11.1 Å². The number of rotatable bonds is 6. The Balaban J connectivity index is 2.10. The number of nitrogens with zero attached hydrogens (tertiary/aromatic N) is 2. The molecule has 0 unspecified atom stereocenters. The molecule has 0 fully saturated rings. The fourth-order valence-electron chi connectivity index (χ4n) is 1.92. The SMILES string of the molecule is O=C(O)C(Cc1cnn(Cc2ccccc2F)c1)C(=O)O.